The molecule has 20 heavy (non-hydrogen) atoms. The van der Waals surface area contributed by atoms with E-state index in [2.05, 4.69) is 24.1 Å². The smallest absolute Gasteiger partial charge is 0.125 e. The van der Waals surface area contributed by atoms with Crippen molar-refractivity contribution in [3.05, 3.63) is 34.6 Å². The molecule has 2 unspecified atom stereocenters. The first-order valence-corrected chi connectivity index (χ1v) is 7.38. The Bertz CT molecular complexity index is 433. The molecule has 0 aromatic heterocycles. The van der Waals surface area contributed by atoms with E-state index in [0.29, 0.717) is 17.7 Å². The third-order valence-corrected chi connectivity index (χ3v) is 3.90. The lowest BCUT2D eigenvalue weighted by molar-refractivity contribution is -0.0815. The molecular formula is C15H22ClFN2O. The van der Waals surface area contributed by atoms with E-state index in [4.69, 9.17) is 16.3 Å². The number of benzene rings is 1. The Balaban J connectivity index is 2.37. The first-order valence-electron chi connectivity index (χ1n) is 7.01. The minimum absolute atomic E-state index is 0.00554. The van der Waals surface area contributed by atoms with Crippen LogP contribution in [0.5, 0.6) is 0 Å². The average Bonchev–Trinajstić information content (AvgIpc) is 2.37. The molecule has 112 valence electrons. The standard InChI is InChI=1S/C15H22ClFN2O/c1-10(2)19-4-5-20-14(9-18-3)15(19)11-6-12(16)8-13(17)7-11/h6-8,10,14-15,18H,4-5,9H2,1-3H3. The minimum atomic E-state index is -0.301. The van der Waals surface area contributed by atoms with Crippen molar-refractivity contribution in [3.63, 3.8) is 0 Å². The van der Waals surface area contributed by atoms with Gasteiger partial charge >= 0.3 is 0 Å². The fourth-order valence-electron chi connectivity index (χ4n) is 2.86. The lowest BCUT2D eigenvalue weighted by Gasteiger charge is -2.43. The molecule has 1 aromatic carbocycles. The van der Waals surface area contributed by atoms with E-state index in [1.807, 2.05) is 13.1 Å². The summed E-state index contributed by atoms with van der Waals surface area (Å²) in [7, 11) is 1.90. The van der Waals surface area contributed by atoms with Crippen LogP contribution in [0.4, 0.5) is 4.39 Å². The van der Waals surface area contributed by atoms with Gasteiger partial charge in [0.05, 0.1) is 18.8 Å². The highest BCUT2D eigenvalue weighted by Gasteiger charge is 2.34. The summed E-state index contributed by atoms with van der Waals surface area (Å²) >= 11 is 6.01. The summed E-state index contributed by atoms with van der Waals surface area (Å²) in [6, 6.07) is 5.11. The van der Waals surface area contributed by atoms with Crippen molar-refractivity contribution >= 4 is 11.6 Å². The first kappa shape index (κ1) is 15.7. The SMILES string of the molecule is CNCC1OCCN(C(C)C)C1c1cc(F)cc(Cl)c1. The largest absolute Gasteiger partial charge is 0.374 e. The van der Waals surface area contributed by atoms with E-state index < -0.39 is 0 Å². The van der Waals surface area contributed by atoms with Crippen LogP contribution in [-0.4, -0.2) is 43.8 Å². The summed E-state index contributed by atoms with van der Waals surface area (Å²) in [5, 5.41) is 3.58. The van der Waals surface area contributed by atoms with Crippen LogP contribution in [0.1, 0.15) is 25.5 Å². The molecule has 1 N–H and O–H groups in total. The molecule has 5 heteroatoms. The summed E-state index contributed by atoms with van der Waals surface area (Å²) < 4.78 is 19.5. The summed E-state index contributed by atoms with van der Waals surface area (Å²) in [5.74, 6) is -0.301. The second-order valence-electron chi connectivity index (χ2n) is 5.45. The molecule has 0 saturated carbocycles. The number of nitrogens with zero attached hydrogens (tertiary/aromatic N) is 1. The van der Waals surface area contributed by atoms with Crippen LogP contribution < -0.4 is 5.32 Å². The molecule has 3 nitrogen and oxygen atoms in total. The molecule has 1 aromatic rings. The lowest BCUT2D eigenvalue weighted by atomic mass is 9.96. The maximum atomic E-state index is 13.7. The molecule has 2 atom stereocenters. The maximum Gasteiger partial charge on any atom is 0.125 e. The zero-order valence-corrected chi connectivity index (χ0v) is 13.0. The molecule has 1 heterocycles. The number of likely N-dealkylation sites (N-methyl/N-ethyl adjacent to an activating group) is 1. The van der Waals surface area contributed by atoms with E-state index in [9.17, 15) is 4.39 Å². The van der Waals surface area contributed by atoms with E-state index in [1.165, 1.54) is 6.07 Å². The average molecular weight is 301 g/mol. The van der Waals surface area contributed by atoms with Gasteiger partial charge in [0, 0.05) is 24.2 Å². The van der Waals surface area contributed by atoms with E-state index in [0.717, 1.165) is 18.7 Å². The van der Waals surface area contributed by atoms with Crippen molar-refractivity contribution in [2.75, 3.05) is 26.7 Å². The molecule has 0 spiro atoms. The second kappa shape index (κ2) is 6.85. The van der Waals surface area contributed by atoms with Gasteiger partial charge in [-0.1, -0.05) is 11.6 Å². The molecule has 0 amide bonds. The van der Waals surface area contributed by atoms with Crippen molar-refractivity contribution in [3.8, 4) is 0 Å². The molecule has 2 rings (SSSR count). The third-order valence-electron chi connectivity index (χ3n) is 3.69. The van der Waals surface area contributed by atoms with E-state index >= 15 is 0 Å². The monoisotopic (exact) mass is 300 g/mol. The van der Waals surface area contributed by atoms with Gasteiger partial charge in [-0.2, -0.15) is 0 Å². The number of hydrogen-bond donors (Lipinski definition) is 1. The number of hydrogen-bond acceptors (Lipinski definition) is 3. The Hall–Kier alpha value is -0.680. The summed E-state index contributed by atoms with van der Waals surface area (Å²) in [5.41, 5.74) is 0.878. The van der Waals surface area contributed by atoms with Crippen LogP contribution in [0.3, 0.4) is 0 Å². The topological polar surface area (TPSA) is 24.5 Å². The molecule has 1 fully saturated rings. The number of halogens is 2. The van der Waals surface area contributed by atoms with Crippen LogP contribution in [-0.2, 0) is 4.74 Å². The van der Waals surface area contributed by atoms with Crippen molar-refractivity contribution in [1.29, 1.82) is 0 Å². The predicted molar refractivity (Wildman–Crippen MR) is 79.7 cm³/mol. The fraction of sp³-hybridized carbons (Fsp3) is 0.600. The first-order chi connectivity index (χ1) is 9.52. The van der Waals surface area contributed by atoms with E-state index in [1.54, 1.807) is 6.07 Å². The van der Waals surface area contributed by atoms with Crippen LogP contribution in [0.25, 0.3) is 0 Å². The van der Waals surface area contributed by atoms with Gasteiger partial charge in [-0.3, -0.25) is 4.90 Å². The maximum absolute atomic E-state index is 13.7. The lowest BCUT2D eigenvalue weighted by Crippen LogP contribution is -2.51. The minimum Gasteiger partial charge on any atom is -0.374 e. The Morgan fingerprint density at radius 1 is 1.45 bits per heavy atom. The van der Waals surface area contributed by atoms with Crippen LogP contribution in [0.2, 0.25) is 5.02 Å². The van der Waals surface area contributed by atoms with E-state index in [-0.39, 0.29) is 18.0 Å². The van der Waals surface area contributed by atoms with Gasteiger partial charge in [0.1, 0.15) is 5.82 Å². The molecule has 0 bridgehead atoms. The fourth-order valence-corrected chi connectivity index (χ4v) is 3.09. The number of morpholine rings is 1. The number of rotatable bonds is 4. The Morgan fingerprint density at radius 3 is 2.80 bits per heavy atom. The van der Waals surface area contributed by atoms with Gasteiger partial charge < -0.3 is 10.1 Å². The molecule has 1 saturated heterocycles. The normalized spacial score (nSPS) is 24.3. The summed E-state index contributed by atoms with van der Waals surface area (Å²) in [6.45, 7) is 6.56. The van der Waals surface area contributed by atoms with Gasteiger partial charge in [-0.25, -0.2) is 4.39 Å². The van der Waals surface area contributed by atoms with Gasteiger partial charge in [0.15, 0.2) is 0 Å². The van der Waals surface area contributed by atoms with Gasteiger partial charge in [-0.15, -0.1) is 0 Å². The molecule has 0 radical (unpaired) electrons. The van der Waals surface area contributed by atoms with Crippen molar-refractivity contribution in [2.45, 2.75) is 32.0 Å². The molecular weight excluding hydrogens is 279 g/mol. The van der Waals surface area contributed by atoms with Gasteiger partial charge in [0.2, 0.25) is 0 Å². The zero-order valence-electron chi connectivity index (χ0n) is 12.2. The Morgan fingerprint density at radius 2 is 2.20 bits per heavy atom. The van der Waals surface area contributed by atoms with Crippen LogP contribution in [0.15, 0.2) is 18.2 Å². The predicted octanol–water partition coefficient (Wildman–Crippen LogP) is 2.85. The summed E-state index contributed by atoms with van der Waals surface area (Å²) in [4.78, 5) is 2.34. The third kappa shape index (κ3) is 3.50. The highest BCUT2D eigenvalue weighted by atomic mass is 35.5. The quantitative estimate of drug-likeness (QED) is 0.925. The van der Waals surface area contributed by atoms with Crippen molar-refractivity contribution in [1.82, 2.24) is 10.2 Å². The second-order valence-corrected chi connectivity index (χ2v) is 5.88. The van der Waals surface area contributed by atoms with Gasteiger partial charge in [0.25, 0.3) is 0 Å². The van der Waals surface area contributed by atoms with Crippen LogP contribution >= 0.6 is 11.6 Å². The molecule has 1 aliphatic rings. The van der Waals surface area contributed by atoms with Crippen molar-refractivity contribution < 1.29 is 9.13 Å². The highest BCUT2D eigenvalue weighted by molar-refractivity contribution is 6.30. The summed E-state index contributed by atoms with van der Waals surface area (Å²) in [6.07, 6.45) is -0.00554. The van der Waals surface area contributed by atoms with Crippen molar-refractivity contribution in [2.24, 2.45) is 0 Å². The zero-order chi connectivity index (χ0) is 14.7. The number of ether oxygens (including phenoxy) is 1. The molecule has 1 aliphatic heterocycles. The Labute approximate surface area is 125 Å². The molecule has 0 aliphatic carbocycles. The highest BCUT2D eigenvalue weighted by Crippen LogP contribution is 2.32. The Kier molecular flexibility index (Phi) is 5.38. The van der Waals surface area contributed by atoms with Crippen LogP contribution in [0, 0.1) is 5.82 Å². The number of nitrogens with one attached hydrogen (secondary N) is 1. The van der Waals surface area contributed by atoms with Gasteiger partial charge in [-0.05, 0) is 44.7 Å².